The molecule has 4 rings (SSSR count). The van der Waals surface area contributed by atoms with Crippen molar-refractivity contribution in [3.8, 4) is 11.5 Å². The summed E-state index contributed by atoms with van der Waals surface area (Å²) in [7, 11) is 0. The first-order valence-electron chi connectivity index (χ1n) is 9.58. The number of aromatic nitrogens is 1. The molecule has 3 aromatic carbocycles. The van der Waals surface area contributed by atoms with E-state index in [0.717, 1.165) is 11.1 Å². The van der Waals surface area contributed by atoms with Crippen LogP contribution in [0.15, 0.2) is 65.1 Å². The summed E-state index contributed by atoms with van der Waals surface area (Å²) >= 11 is 6.26. The third kappa shape index (κ3) is 4.27. The second-order valence-electron chi connectivity index (χ2n) is 7.36. The van der Waals surface area contributed by atoms with Crippen LogP contribution >= 0.6 is 11.6 Å². The maximum atomic E-state index is 12.6. The van der Waals surface area contributed by atoms with Gasteiger partial charge in [-0.05, 0) is 47.9 Å². The summed E-state index contributed by atoms with van der Waals surface area (Å²) in [5, 5.41) is 14.0. The quantitative estimate of drug-likeness (QED) is 0.287. The number of nitro benzene ring substituents is 1. The fraction of sp³-hybridized carbons (Fsp3) is 0.130. The molecule has 1 amide bonds. The van der Waals surface area contributed by atoms with Crippen molar-refractivity contribution in [2.75, 3.05) is 5.32 Å². The van der Waals surface area contributed by atoms with E-state index < -0.39 is 10.8 Å². The molecule has 0 spiro atoms. The van der Waals surface area contributed by atoms with E-state index in [1.165, 1.54) is 24.3 Å². The van der Waals surface area contributed by atoms with Gasteiger partial charge >= 0.3 is 0 Å². The molecule has 0 bridgehead atoms. The predicted molar refractivity (Wildman–Crippen MR) is 120 cm³/mol. The topological polar surface area (TPSA) is 98.3 Å². The van der Waals surface area contributed by atoms with E-state index in [1.807, 2.05) is 18.2 Å². The maximum Gasteiger partial charge on any atom is 0.270 e. The molecule has 0 aliphatic rings. The lowest BCUT2D eigenvalue weighted by Crippen LogP contribution is -2.12. The zero-order valence-electron chi connectivity index (χ0n) is 16.8. The highest BCUT2D eigenvalue weighted by Gasteiger charge is 2.15. The van der Waals surface area contributed by atoms with Crippen LogP contribution in [0.5, 0.6) is 0 Å². The molecular formula is C23H18ClN3O4. The van der Waals surface area contributed by atoms with Gasteiger partial charge in [-0.25, -0.2) is 4.98 Å². The van der Waals surface area contributed by atoms with Crippen LogP contribution in [0.3, 0.4) is 0 Å². The van der Waals surface area contributed by atoms with Gasteiger partial charge in [0.1, 0.15) is 5.52 Å². The average molecular weight is 436 g/mol. The predicted octanol–water partition coefficient (Wildman–Crippen LogP) is 6.43. The summed E-state index contributed by atoms with van der Waals surface area (Å²) in [5.74, 6) is 0.260. The number of hydrogen-bond acceptors (Lipinski definition) is 5. The number of fused-ring (bicyclic) bond motifs is 1. The first kappa shape index (κ1) is 20.6. The standard InChI is InChI=1S/C23H18ClN3O4/c1-13(2)14-7-9-21-20(11-14)26-23(31-21)16-6-8-18(24)19(12-16)25-22(28)15-4-3-5-17(10-15)27(29)30/h3-13H,1-2H3,(H,25,28). The molecule has 31 heavy (non-hydrogen) atoms. The van der Waals surface area contributed by atoms with Gasteiger partial charge in [0, 0.05) is 23.3 Å². The van der Waals surface area contributed by atoms with Crippen LogP contribution in [-0.4, -0.2) is 15.8 Å². The summed E-state index contributed by atoms with van der Waals surface area (Å²) in [6.07, 6.45) is 0. The number of rotatable bonds is 5. The van der Waals surface area contributed by atoms with Crippen molar-refractivity contribution in [2.45, 2.75) is 19.8 Å². The summed E-state index contributed by atoms with van der Waals surface area (Å²) < 4.78 is 5.87. The number of nitro groups is 1. The highest BCUT2D eigenvalue weighted by molar-refractivity contribution is 6.34. The van der Waals surface area contributed by atoms with Crippen LogP contribution < -0.4 is 5.32 Å². The Morgan fingerprint density at radius 3 is 2.68 bits per heavy atom. The van der Waals surface area contributed by atoms with E-state index in [4.69, 9.17) is 16.0 Å². The van der Waals surface area contributed by atoms with Crippen molar-refractivity contribution in [3.05, 3.63) is 86.9 Å². The lowest BCUT2D eigenvalue weighted by Gasteiger charge is -2.08. The van der Waals surface area contributed by atoms with Crippen molar-refractivity contribution in [1.29, 1.82) is 0 Å². The number of hydrogen-bond donors (Lipinski definition) is 1. The Morgan fingerprint density at radius 1 is 1.13 bits per heavy atom. The molecule has 1 aromatic heterocycles. The van der Waals surface area contributed by atoms with Gasteiger partial charge < -0.3 is 9.73 Å². The lowest BCUT2D eigenvalue weighted by atomic mass is 10.0. The zero-order chi connectivity index (χ0) is 22.1. The molecule has 1 N–H and O–H groups in total. The number of nitrogens with one attached hydrogen (secondary N) is 1. The lowest BCUT2D eigenvalue weighted by molar-refractivity contribution is -0.384. The molecule has 0 aliphatic carbocycles. The molecule has 1 heterocycles. The highest BCUT2D eigenvalue weighted by atomic mass is 35.5. The minimum atomic E-state index is -0.553. The monoisotopic (exact) mass is 435 g/mol. The Hall–Kier alpha value is -3.71. The van der Waals surface area contributed by atoms with Gasteiger partial charge in [0.15, 0.2) is 5.58 Å². The minimum absolute atomic E-state index is 0.152. The second kappa shape index (κ2) is 8.20. The van der Waals surface area contributed by atoms with Gasteiger partial charge in [-0.1, -0.05) is 37.6 Å². The van der Waals surface area contributed by atoms with Crippen molar-refractivity contribution in [1.82, 2.24) is 4.98 Å². The van der Waals surface area contributed by atoms with Crippen molar-refractivity contribution in [2.24, 2.45) is 0 Å². The van der Waals surface area contributed by atoms with Crippen LogP contribution in [0.1, 0.15) is 35.7 Å². The molecule has 0 radical (unpaired) electrons. The van der Waals surface area contributed by atoms with Gasteiger partial charge in [0.25, 0.3) is 11.6 Å². The molecule has 0 aliphatic heterocycles. The molecular weight excluding hydrogens is 418 g/mol. The Kier molecular flexibility index (Phi) is 5.44. The Morgan fingerprint density at radius 2 is 1.94 bits per heavy atom. The van der Waals surface area contributed by atoms with Crippen LogP contribution in [0.4, 0.5) is 11.4 Å². The fourth-order valence-corrected chi connectivity index (χ4v) is 3.30. The van der Waals surface area contributed by atoms with Gasteiger partial charge in [-0.2, -0.15) is 0 Å². The number of carbonyl (C=O) groups excluding carboxylic acids is 1. The molecule has 4 aromatic rings. The zero-order valence-corrected chi connectivity index (χ0v) is 17.5. The van der Waals surface area contributed by atoms with Crippen LogP contribution in [0, 0.1) is 10.1 Å². The number of halogens is 1. The maximum absolute atomic E-state index is 12.6. The molecule has 0 saturated heterocycles. The molecule has 0 atom stereocenters. The summed E-state index contributed by atoms with van der Waals surface area (Å²) in [5.41, 5.74) is 3.54. The molecule has 7 nitrogen and oxygen atoms in total. The number of nitrogens with zero attached hydrogens (tertiary/aromatic N) is 2. The first-order chi connectivity index (χ1) is 14.8. The highest BCUT2D eigenvalue weighted by Crippen LogP contribution is 2.31. The summed E-state index contributed by atoms with van der Waals surface area (Å²) in [6, 6.07) is 16.4. The SMILES string of the molecule is CC(C)c1ccc2oc(-c3ccc(Cl)c(NC(=O)c4cccc([N+](=O)[O-])c4)c3)nc2c1. The normalized spacial score (nSPS) is 11.1. The van der Waals surface area contributed by atoms with Crippen LogP contribution in [0.2, 0.25) is 5.02 Å². The number of non-ortho nitro benzene ring substituents is 1. The Balaban J connectivity index is 1.64. The van der Waals surface area contributed by atoms with E-state index >= 15 is 0 Å². The van der Waals surface area contributed by atoms with Crippen molar-refractivity contribution >= 4 is 40.0 Å². The number of anilines is 1. The Bertz CT molecular complexity index is 1310. The van der Waals surface area contributed by atoms with E-state index in [1.54, 1.807) is 18.2 Å². The summed E-state index contributed by atoms with van der Waals surface area (Å²) in [4.78, 5) is 27.6. The van der Waals surface area contributed by atoms with Gasteiger partial charge in [-0.3, -0.25) is 14.9 Å². The van der Waals surface area contributed by atoms with Crippen molar-refractivity contribution in [3.63, 3.8) is 0 Å². The van der Waals surface area contributed by atoms with E-state index in [-0.39, 0.29) is 11.3 Å². The van der Waals surface area contributed by atoms with Crippen LogP contribution in [-0.2, 0) is 0 Å². The van der Waals surface area contributed by atoms with Gasteiger partial charge in [-0.15, -0.1) is 0 Å². The van der Waals surface area contributed by atoms with Crippen molar-refractivity contribution < 1.29 is 14.1 Å². The molecule has 0 saturated carbocycles. The summed E-state index contributed by atoms with van der Waals surface area (Å²) in [6.45, 7) is 4.22. The van der Waals surface area contributed by atoms with E-state index in [9.17, 15) is 14.9 Å². The molecule has 0 unspecified atom stereocenters. The molecule has 0 fully saturated rings. The first-order valence-corrected chi connectivity index (χ1v) is 9.96. The number of oxazole rings is 1. The van der Waals surface area contributed by atoms with E-state index in [2.05, 4.69) is 24.1 Å². The third-order valence-corrected chi connectivity index (χ3v) is 5.19. The molecule has 156 valence electrons. The van der Waals surface area contributed by atoms with Gasteiger partial charge in [0.05, 0.1) is 15.6 Å². The third-order valence-electron chi connectivity index (χ3n) is 4.86. The number of amides is 1. The second-order valence-corrected chi connectivity index (χ2v) is 7.76. The Labute approximate surface area is 182 Å². The van der Waals surface area contributed by atoms with E-state index in [0.29, 0.717) is 33.7 Å². The average Bonchev–Trinajstić information content (AvgIpc) is 3.18. The van der Waals surface area contributed by atoms with Gasteiger partial charge in [0.2, 0.25) is 5.89 Å². The largest absolute Gasteiger partial charge is 0.436 e. The fourth-order valence-electron chi connectivity index (χ4n) is 3.14. The number of carbonyl (C=O) groups is 1. The minimum Gasteiger partial charge on any atom is -0.436 e. The van der Waals surface area contributed by atoms with Crippen LogP contribution in [0.25, 0.3) is 22.6 Å². The molecule has 8 heteroatoms. The smallest absolute Gasteiger partial charge is 0.270 e. The number of benzene rings is 3.